The van der Waals surface area contributed by atoms with Crippen molar-refractivity contribution in [2.24, 2.45) is 5.41 Å². The van der Waals surface area contributed by atoms with Gasteiger partial charge in [-0.15, -0.1) is 11.3 Å². The molecule has 2 N–H and O–H groups in total. The molecule has 0 aliphatic carbocycles. The van der Waals surface area contributed by atoms with Crippen LogP contribution in [0.25, 0.3) is 10.6 Å². The second-order valence-electron chi connectivity index (χ2n) is 5.09. The van der Waals surface area contributed by atoms with E-state index in [2.05, 4.69) is 36.3 Å². The summed E-state index contributed by atoms with van der Waals surface area (Å²) in [6, 6.07) is 8.24. The van der Waals surface area contributed by atoms with Crippen LogP contribution in [-0.4, -0.2) is 23.2 Å². The van der Waals surface area contributed by atoms with Crippen LogP contribution in [0.2, 0.25) is 0 Å². The fraction of sp³-hybridized carbons (Fsp3) is 0.400. The number of benzene rings is 1. The van der Waals surface area contributed by atoms with Crippen LogP contribution in [0.3, 0.4) is 0 Å². The predicted molar refractivity (Wildman–Crippen MR) is 81.5 cm³/mol. The first kappa shape index (κ1) is 14.0. The Balaban J connectivity index is 2.08. The lowest BCUT2D eigenvalue weighted by atomic mass is 9.88. The van der Waals surface area contributed by atoms with Crippen LogP contribution in [0.15, 0.2) is 35.8 Å². The first-order valence-electron chi connectivity index (χ1n) is 6.51. The third-order valence-electron chi connectivity index (χ3n) is 3.50. The van der Waals surface area contributed by atoms with Gasteiger partial charge < -0.3 is 10.4 Å². The molecule has 1 heterocycles. The summed E-state index contributed by atoms with van der Waals surface area (Å²) in [6.07, 6.45) is 2.77. The van der Waals surface area contributed by atoms with Crippen LogP contribution in [0, 0.1) is 5.41 Å². The van der Waals surface area contributed by atoms with Crippen molar-refractivity contribution in [2.45, 2.75) is 20.3 Å². The second-order valence-corrected chi connectivity index (χ2v) is 5.99. The van der Waals surface area contributed by atoms with Gasteiger partial charge >= 0.3 is 0 Å². The number of thiazole rings is 1. The van der Waals surface area contributed by atoms with Gasteiger partial charge in [0.05, 0.1) is 6.61 Å². The molecule has 2 rings (SSSR count). The Kier molecular flexibility index (Phi) is 4.56. The standard InChI is InChI=1S/C15H20N2OS/c1-3-15(2,11-18)10-17-13-6-4-5-12(9-13)14-16-7-8-19-14/h4-9,17-18H,3,10-11H2,1-2H3. The van der Waals surface area contributed by atoms with Gasteiger partial charge in [0.2, 0.25) is 0 Å². The molecule has 0 amide bonds. The van der Waals surface area contributed by atoms with Crippen LogP contribution in [0.4, 0.5) is 5.69 Å². The molecule has 1 atom stereocenters. The molecule has 1 aromatic carbocycles. The highest BCUT2D eigenvalue weighted by Gasteiger charge is 2.20. The Morgan fingerprint density at radius 3 is 2.89 bits per heavy atom. The van der Waals surface area contributed by atoms with Gasteiger partial charge in [-0.05, 0) is 18.6 Å². The Morgan fingerprint density at radius 2 is 2.26 bits per heavy atom. The van der Waals surface area contributed by atoms with E-state index in [0.717, 1.165) is 29.2 Å². The number of hydrogen-bond acceptors (Lipinski definition) is 4. The van der Waals surface area contributed by atoms with Crippen LogP contribution >= 0.6 is 11.3 Å². The summed E-state index contributed by atoms with van der Waals surface area (Å²) in [7, 11) is 0. The van der Waals surface area contributed by atoms with E-state index in [1.165, 1.54) is 0 Å². The summed E-state index contributed by atoms with van der Waals surface area (Å²) in [4.78, 5) is 4.32. The molecule has 0 radical (unpaired) electrons. The summed E-state index contributed by atoms with van der Waals surface area (Å²) < 4.78 is 0. The highest BCUT2D eigenvalue weighted by molar-refractivity contribution is 7.13. The van der Waals surface area contributed by atoms with E-state index in [0.29, 0.717) is 0 Å². The number of aliphatic hydroxyl groups excluding tert-OH is 1. The number of rotatable bonds is 6. The van der Waals surface area contributed by atoms with Crippen molar-refractivity contribution < 1.29 is 5.11 Å². The molecule has 1 aromatic heterocycles. The van der Waals surface area contributed by atoms with Crippen molar-refractivity contribution in [2.75, 3.05) is 18.5 Å². The van der Waals surface area contributed by atoms with Crippen LogP contribution in [0.5, 0.6) is 0 Å². The smallest absolute Gasteiger partial charge is 0.123 e. The van der Waals surface area contributed by atoms with Gasteiger partial charge in [0.1, 0.15) is 5.01 Å². The number of nitrogens with zero attached hydrogens (tertiary/aromatic N) is 1. The lowest BCUT2D eigenvalue weighted by Crippen LogP contribution is -2.29. The Bertz CT molecular complexity index is 507. The second kappa shape index (κ2) is 6.17. The van der Waals surface area contributed by atoms with E-state index in [1.807, 2.05) is 23.7 Å². The monoisotopic (exact) mass is 276 g/mol. The molecule has 0 spiro atoms. The van der Waals surface area contributed by atoms with Gasteiger partial charge in [0.25, 0.3) is 0 Å². The van der Waals surface area contributed by atoms with E-state index >= 15 is 0 Å². The third kappa shape index (κ3) is 3.55. The zero-order valence-corrected chi connectivity index (χ0v) is 12.2. The fourth-order valence-electron chi connectivity index (χ4n) is 1.74. The maximum absolute atomic E-state index is 9.42. The predicted octanol–water partition coefficient (Wildman–Crippen LogP) is 3.63. The van der Waals surface area contributed by atoms with Gasteiger partial charge in [-0.2, -0.15) is 0 Å². The lowest BCUT2D eigenvalue weighted by molar-refractivity contribution is 0.149. The van der Waals surface area contributed by atoms with Gasteiger partial charge in [-0.25, -0.2) is 4.98 Å². The Hall–Kier alpha value is -1.39. The maximum atomic E-state index is 9.42. The minimum atomic E-state index is -0.0722. The summed E-state index contributed by atoms with van der Waals surface area (Å²) in [5, 5.41) is 15.8. The van der Waals surface area contributed by atoms with Crippen LogP contribution in [-0.2, 0) is 0 Å². The number of hydrogen-bond donors (Lipinski definition) is 2. The molecule has 19 heavy (non-hydrogen) atoms. The lowest BCUT2D eigenvalue weighted by Gasteiger charge is -2.26. The normalized spacial score (nSPS) is 14.1. The molecular weight excluding hydrogens is 256 g/mol. The topological polar surface area (TPSA) is 45.1 Å². The van der Waals surface area contributed by atoms with Crippen molar-refractivity contribution >= 4 is 17.0 Å². The molecule has 1 unspecified atom stereocenters. The molecule has 0 saturated heterocycles. The van der Waals surface area contributed by atoms with E-state index in [1.54, 1.807) is 11.3 Å². The van der Waals surface area contributed by atoms with E-state index < -0.39 is 0 Å². The van der Waals surface area contributed by atoms with E-state index in [-0.39, 0.29) is 12.0 Å². The summed E-state index contributed by atoms with van der Waals surface area (Å²) in [5.74, 6) is 0. The zero-order chi connectivity index (χ0) is 13.7. The fourth-order valence-corrected chi connectivity index (χ4v) is 2.37. The Morgan fingerprint density at radius 1 is 1.42 bits per heavy atom. The van der Waals surface area contributed by atoms with Crippen molar-refractivity contribution in [1.82, 2.24) is 4.98 Å². The molecule has 0 bridgehead atoms. The molecule has 102 valence electrons. The van der Waals surface area contributed by atoms with Gasteiger partial charge in [0, 0.05) is 34.8 Å². The molecule has 0 fully saturated rings. The zero-order valence-electron chi connectivity index (χ0n) is 11.4. The molecule has 0 aliphatic heterocycles. The largest absolute Gasteiger partial charge is 0.396 e. The maximum Gasteiger partial charge on any atom is 0.123 e. The summed E-state index contributed by atoms with van der Waals surface area (Å²) in [6.45, 7) is 5.15. The minimum Gasteiger partial charge on any atom is -0.396 e. The SMILES string of the molecule is CCC(C)(CO)CNc1cccc(-c2nccs2)c1. The van der Waals surface area contributed by atoms with E-state index in [9.17, 15) is 5.11 Å². The number of nitrogens with one attached hydrogen (secondary N) is 1. The van der Waals surface area contributed by atoms with Crippen molar-refractivity contribution in [1.29, 1.82) is 0 Å². The Labute approximate surface area is 118 Å². The molecule has 0 aliphatic rings. The first-order valence-corrected chi connectivity index (χ1v) is 7.39. The number of aromatic nitrogens is 1. The van der Waals surface area contributed by atoms with Crippen LogP contribution in [0.1, 0.15) is 20.3 Å². The van der Waals surface area contributed by atoms with Gasteiger partial charge in [-0.1, -0.05) is 26.0 Å². The molecular formula is C15H20N2OS. The average Bonchev–Trinajstić information content (AvgIpc) is 2.99. The first-order chi connectivity index (χ1) is 9.17. The summed E-state index contributed by atoms with van der Waals surface area (Å²) in [5.41, 5.74) is 2.13. The van der Waals surface area contributed by atoms with Crippen molar-refractivity contribution in [3.05, 3.63) is 35.8 Å². The van der Waals surface area contributed by atoms with Crippen molar-refractivity contribution in [3.8, 4) is 10.6 Å². The van der Waals surface area contributed by atoms with Crippen LogP contribution < -0.4 is 5.32 Å². The molecule has 0 saturated carbocycles. The number of aliphatic hydroxyl groups is 1. The quantitative estimate of drug-likeness (QED) is 0.847. The number of anilines is 1. The van der Waals surface area contributed by atoms with E-state index in [4.69, 9.17) is 0 Å². The molecule has 3 nitrogen and oxygen atoms in total. The van der Waals surface area contributed by atoms with Crippen molar-refractivity contribution in [3.63, 3.8) is 0 Å². The molecule has 4 heteroatoms. The highest BCUT2D eigenvalue weighted by Crippen LogP contribution is 2.26. The third-order valence-corrected chi connectivity index (χ3v) is 4.32. The average molecular weight is 276 g/mol. The minimum absolute atomic E-state index is 0.0722. The molecule has 2 aromatic rings. The van der Waals surface area contributed by atoms with Gasteiger partial charge in [0.15, 0.2) is 0 Å². The van der Waals surface area contributed by atoms with Gasteiger partial charge in [-0.3, -0.25) is 0 Å². The highest BCUT2D eigenvalue weighted by atomic mass is 32.1. The summed E-state index contributed by atoms with van der Waals surface area (Å²) >= 11 is 1.64.